The summed E-state index contributed by atoms with van der Waals surface area (Å²) in [5, 5.41) is 7.99. The van der Waals surface area contributed by atoms with Crippen molar-refractivity contribution in [2.45, 2.75) is 32.7 Å². The molecule has 0 spiro atoms. The molecule has 3 nitrogen and oxygen atoms in total. The Morgan fingerprint density at radius 1 is 1.37 bits per heavy atom. The van der Waals surface area contributed by atoms with E-state index in [0.29, 0.717) is 0 Å². The minimum absolute atomic E-state index is 0.145. The van der Waals surface area contributed by atoms with Crippen molar-refractivity contribution in [2.24, 2.45) is 7.05 Å². The van der Waals surface area contributed by atoms with Crippen LogP contribution in [0.4, 0.5) is 10.1 Å². The van der Waals surface area contributed by atoms with E-state index in [9.17, 15) is 4.39 Å². The van der Waals surface area contributed by atoms with Gasteiger partial charge < -0.3 is 5.32 Å². The summed E-state index contributed by atoms with van der Waals surface area (Å²) in [4.78, 5) is 0. The Balaban J connectivity index is 1.91. The molecular weight excluding hydrogens is 241 g/mol. The number of fused-ring (bicyclic) bond motifs is 1. The van der Waals surface area contributed by atoms with E-state index in [4.69, 9.17) is 0 Å². The lowest BCUT2D eigenvalue weighted by atomic mass is 10.1. The first-order valence-corrected chi connectivity index (χ1v) is 6.61. The maximum absolute atomic E-state index is 13.2. The molecule has 1 aliphatic carbocycles. The molecule has 0 amide bonds. The number of nitrogens with one attached hydrogen (secondary N) is 1. The number of benzene rings is 1. The van der Waals surface area contributed by atoms with Crippen LogP contribution in [0.3, 0.4) is 0 Å². The zero-order valence-electron chi connectivity index (χ0n) is 11.5. The van der Waals surface area contributed by atoms with Crippen LogP contribution < -0.4 is 5.32 Å². The minimum Gasteiger partial charge on any atom is -0.375 e. The summed E-state index contributed by atoms with van der Waals surface area (Å²) in [5.74, 6) is -0.145. The molecule has 3 rings (SSSR count). The van der Waals surface area contributed by atoms with Crippen LogP contribution in [0, 0.1) is 19.7 Å². The molecule has 1 atom stereocenters. The predicted octanol–water partition coefficient (Wildman–Crippen LogP) is 3.28. The van der Waals surface area contributed by atoms with Gasteiger partial charge in [-0.1, -0.05) is 6.07 Å². The van der Waals surface area contributed by atoms with Crippen molar-refractivity contribution >= 4 is 5.69 Å². The Kier molecular flexibility index (Phi) is 2.81. The molecule has 0 bridgehead atoms. The number of halogens is 1. The molecule has 1 unspecified atom stereocenters. The van der Waals surface area contributed by atoms with Gasteiger partial charge in [0.05, 0.1) is 23.1 Å². The number of hydrogen-bond acceptors (Lipinski definition) is 2. The molecule has 0 aliphatic heterocycles. The summed E-state index contributed by atoms with van der Waals surface area (Å²) in [6.45, 7) is 4.07. The lowest BCUT2D eigenvalue weighted by Gasteiger charge is -2.16. The standard InChI is InChI=1S/C15H18FN3/c1-9-15(10(2)19(3)18-9)17-14-7-4-11-8-12(16)5-6-13(11)14/h5-6,8,14,17H,4,7H2,1-3H3. The van der Waals surface area contributed by atoms with Crippen molar-refractivity contribution in [3.05, 3.63) is 46.5 Å². The fourth-order valence-corrected chi connectivity index (χ4v) is 2.89. The first-order valence-electron chi connectivity index (χ1n) is 6.61. The van der Waals surface area contributed by atoms with Crippen LogP contribution in [0.5, 0.6) is 0 Å². The number of aromatic nitrogens is 2. The van der Waals surface area contributed by atoms with Gasteiger partial charge in [0.15, 0.2) is 0 Å². The zero-order valence-corrected chi connectivity index (χ0v) is 11.5. The summed E-state index contributed by atoms with van der Waals surface area (Å²) in [7, 11) is 1.95. The first-order chi connectivity index (χ1) is 9.06. The topological polar surface area (TPSA) is 29.9 Å². The van der Waals surface area contributed by atoms with Crippen LogP contribution in [-0.4, -0.2) is 9.78 Å². The molecule has 0 saturated carbocycles. The zero-order chi connectivity index (χ0) is 13.6. The Morgan fingerprint density at radius 3 is 2.84 bits per heavy atom. The molecule has 1 heterocycles. The predicted molar refractivity (Wildman–Crippen MR) is 73.8 cm³/mol. The SMILES string of the molecule is Cc1nn(C)c(C)c1NC1CCc2cc(F)ccc21. The maximum Gasteiger partial charge on any atom is 0.123 e. The van der Waals surface area contributed by atoms with Gasteiger partial charge >= 0.3 is 0 Å². The van der Waals surface area contributed by atoms with Crippen LogP contribution in [0.1, 0.15) is 35.0 Å². The molecule has 1 aromatic carbocycles. The third-order valence-electron chi connectivity index (χ3n) is 4.01. The smallest absolute Gasteiger partial charge is 0.123 e. The summed E-state index contributed by atoms with van der Waals surface area (Å²) in [6, 6.07) is 5.36. The highest BCUT2D eigenvalue weighted by Gasteiger charge is 2.24. The van der Waals surface area contributed by atoms with Gasteiger partial charge in [-0.15, -0.1) is 0 Å². The fraction of sp³-hybridized carbons (Fsp3) is 0.400. The summed E-state index contributed by atoms with van der Waals surface area (Å²) in [5.41, 5.74) is 5.58. The van der Waals surface area contributed by atoms with Crippen LogP contribution in [0.2, 0.25) is 0 Å². The molecule has 1 aliphatic rings. The molecule has 2 aromatic rings. The van der Waals surface area contributed by atoms with E-state index in [2.05, 4.69) is 17.3 Å². The van der Waals surface area contributed by atoms with E-state index < -0.39 is 0 Å². The number of hydrogen-bond donors (Lipinski definition) is 1. The van der Waals surface area contributed by atoms with E-state index in [1.54, 1.807) is 12.1 Å². The molecule has 0 saturated heterocycles. The second kappa shape index (κ2) is 4.37. The van der Waals surface area contributed by atoms with E-state index in [1.807, 2.05) is 24.7 Å². The summed E-state index contributed by atoms with van der Waals surface area (Å²) < 4.78 is 15.1. The second-order valence-corrected chi connectivity index (χ2v) is 5.25. The molecule has 100 valence electrons. The molecular formula is C15H18FN3. The highest BCUT2D eigenvalue weighted by atomic mass is 19.1. The lowest BCUT2D eigenvalue weighted by molar-refractivity contribution is 0.626. The lowest BCUT2D eigenvalue weighted by Crippen LogP contribution is -2.08. The highest BCUT2D eigenvalue weighted by Crippen LogP contribution is 2.35. The molecule has 1 N–H and O–H groups in total. The van der Waals surface area contributed by atoms with Gasteiger partial charge in [0.25, 0.3) is 0 Å². The average molecular weight is 259 g/mol. The van der Waals surface area contributed by atoms with Gasteiger partial charge in [-0.25, -0.2) is 4.39 Å². The monoisotopic (exact) mass is 259 g/mol. The molecule has 1 aromatic heterocycles. The second-order valence-electron chi connectivity index (χ2n) is 5.25. The third kappa shape index (κ3) is 2.01. The Morgan fingerprint density at radius 2 is 2.16 bits per heavy atom. The Hall–Kier alpha value is -1.84. The van der Waals surface area contributed by atoms with Crippen molar-refractivity contribution < 1.29 is 4.39 Å². The summed E-state index contributed by atoms with van der Waals surface area (Å²) >= 11 is 0. The number of aryl methyl sites for hydroxylation is 3. The van der Waals surface area contributed by atoms with E-state index in [1.165, 1.54) is 5.56 Å². The van der Waals surface area contributed by atoms with Crippen molar-refractivity contribution in [1.29, 1.82) is 0 Å². The van der Waals surface area contributed by atoms with E-state index in [0.717, 1.165) is 35.5 Å². The fourth-order valence-electron chi connectivity index (χ4n) is 2.89. The molecule has 4 heteroatoms. The van der Waals surface area contributed by atoms with Gasteiger partial charge in [0, 0.05) is 7.05 Å². The normalized spacial score (nSPS) is 17.6. The Bertz CT molecular complexity index is 631. The van der Waals surface area contributed by atoms with Crippen molar-refractivity contribution in [3.8, 4) is 0 Å². The quantitative estimate of drug-likeness (QED) is 0.897. The van der Waals surface area contributed by atoms with Crippen LogP contribution >= 0.6 is 0 Å². The van der Waals surface area contributed by atoms with Gasteiger partial charge in [-0.05, 0) is 49.9 Å². The highest BCUT2D eigenvalue weighted by molar-refractivity contribution is 5.55. The minimum atomic E-state index is -0.145. The number of nitrogens with zero attached hydrogens (tertiary/aromatic N) is 2. The third-order valence-corrected chi connectivity index (χ3v) is 4.01. The molecule has 0 radical (unpaired) electrons. The van der Waals surface area contributed by atoms with Crippen LogP contribution in [-0.2, 0) is 13.5 Å². The van der Waals surface area contributed by atoms with Crippen LogP contribution in [0.25, 0.3) is 0 Å². The van der Waals surface area contributed by atoms with E-state index >= 15 is 0 Å². The van der Waals surface area contributed by atoms with Crippen LogP contribution in [0.15, 0.2) is 18.2 Å². The average Bonchev–Trinajstić information content (AvgIpc) is 2.86. The maximum atomic E-state index is 13.2. The van der Waals surface area contributed by atoms with Crippen molar-refractivity contribution in [2.75, 3.05) is 5.32 Å². The number of rotatable bonds is 2. The van der Waals surface area contributed by atoms with Gasteiger partial charge in [0.2, 0.25) is 0 Å². The molecule has 19 heavy (non-hydrogen) atoms. The largest absolute Gasteiger partial charge is 0.375 e. The van der Waals surface area contributed by atoms with Gasteiger partial charge in [0.1, 0.15) is 5.82 Å². The number of anilines is 1. The summed E-state index contributed by atoms with van der Waals surface area (Å²) in [6.07, 6.45) is 1.94. The van der Waals surface area contributed by atoms with Crippen molar-refractivity contribution in [3.63, 3.8) is 0 Å². The van der Waals surface area contributed by atoms with Gasteiger partial charge in [-0.3, -0.25) is 4.68 Å². The van der Waals surface area contributed by atoms with E-state index in [-0.39, 0.29) is 11.9 Å². The molecule has 0 fully saturated rings. The van der Waals surface area contributed by atoms with Crippen molar-refractivity contribution in [1.82, 2.24) is 9.78 Å². The Labute approximate surface area is 112 Å². The first kappa shape index (κ1) is 12.2. The van der Waals surface area contributed by atoms with Gasteiger partial charge in [-0.2, -0.15) is 5.10 Å².